The Bertz CT molecular complexity index is 1190. The zero-order valence-electron chi connectivity index (χ0n) is 21.1. The average molecular weight is 474 g/mol. The Hall–Kier alpha value is -3.61. The summed E-state index contributed by atoms with van der Waals surface area (Å²) in [7, 11) is 0. The molecule has 0 atom stereocenters. The number of carbonyl (C=O) groups excluding carboxylic acids is 2. The van der Waals surface area contributed by atoms with Crippen molar-refractivity contribution in [2.45, 2.75) is 53.5 Å². The molecule has 7 nitrogen and oxygen atoms in total. The van der Waals surface area contributed by atoms with E-state index in [4.69, 9.17) is 5.10 Å². The number of piperidine rings is 1. The van der Waals surface area contributed by atoms with Crippen molar-refractivity contribution < 1.29 is 9.59 Å². The second-order valence-electron chi connectivity index (χ2n) is 9.34. The van der Waals surface area contributed by atoms with E-state index in [1.54, 1.807) is 0 Å². The Balaban J connectivity index is 1.48. The summed E-state index contributed by atoms with van der Waals surface area (Å²) in [5.74, 6) is 0.921. The van der Waals surface area contributed by atoms with Crippen LogP contribution in [0.15, 0.2) is 48.5 Å². The summed E-state index contributed by atoms with van der Waals surface area (Å²) in [6, 6.07) is 16.3. The van der Waals surface area contributed by atoms with Gasteiger partial charge >= 0.3 is 0 Å². The molecule has 2 aromatic carbocycles. The maximum atomic E-state index is 13.0. The van der Waals surface area contributed by atoms with E-state index in [2.05, 4.69) is 47.6 Å². The predicted octanol–water partition coefficient (Wildman–Crippen LogP) is 4.68. The number of aromatic nitrogens is 2. The first-order chi connectivity index (χ1) is 16.9. The molecular formula is C28H35N5O2. The molecule has 2 amide bonds. The molecule has 7 heteroatoms. The van der Waals surface area contributed by atoms with Gasteiger partial charge in [0.15, 0.2) is 5.82 Å². The zero-order valence-corrected chi connectivity index (χ0v) is 21.1. The first-order valence-corrected chi connectivity index (χ1v) is 12.4. The van der Waals surface area contributed by atoms with Crippen molar-refractivity contribution >= 4 is 23.3 Å². The third-order valence-electron chi connectivity index (χ3n) is 6.75. The third-order valence-corrected chi connectivity index (χ3v) is 6.75. The summed E-state index contributed by atoms with van der Waals surface area (Å²) in [5, 5.41) is 11.0. The Morgan fingerprint density at radius 3 is 2.43 bits per heavy atom. The van der Waals surface area contributed by atoms with Crippen molar-refractivity contribution in [2.75, 3.05) is 23.3 Å². The number of nitrogens with zero attached hydrogens (tertiary/aromatic N) is 3. The van der Waals surface area contributed by atoms with Gasteiger partial charge in [0.1, 0.15) is 5.69 Å². The van der Waals surface area contributed by atoms with Crippen molar-refractivity contribution in [3.8, 4) is 5.69 Å². The lowest BCUT2D eigenvalue weighted by Crippen LogP contribution is -2.41. The molecule has 35 heavy (non-hydrogen) atoms. The topological polar surface area (TPSA) is 79.3 Å². The van der Waals surface area contributed by atoms with Gasteiger partial charge in [-0.15, -0.1) is 0 Å². The van der Waals surface area contributed by atoms with Crippen molar-refractivity contribution in [3.05, 3.63) is 70.9 Å². The molecule has 1 aliphatic rings. The van der Waals surface area contributed by atoms with Crippen LogP contribution in [-0.4, -0.2) is 34.7 Å². The summed E-state index contributed by atoms with van der Waals surface area (Å²) in [4.78, 5) is 27.5. The maximum Gasteiger partial charge on any atom is 0.224 e. The van der Waals surface area contributed by atoms with E-state index >= 15 is 0 Å². The minimum absolute atomic E-state index is 0.0285. The Labute approximate surface area is 207 Å². The fraction of sp³-hybridized carbons (Fsp3) is 0.393. The fourth-order valence-electron chi connectivity index (χ4n) is 4.60. The Morgan fingerprint density at radius 2 is 1.74 bits per heavy atom. The number of para-hydroxylation sites is 1. The lowest BCUT2D eigenvalue weighted by molar-refractivity contribution is -0.125. The van der Waals surface area contributed by atoms with Crippen molar-refractivity contribution in [2.24, 2.45) is 5.92 Å². The predicted molar refractivity (Wildman–Crippen MR) is 140 cm³/mol. The second kappa shape index (κ2) is 10.8. The van der Waals surface area contributed by atoms with Crippen molar-refractivity contribution in [1.82, 2.24) is 15.1 Å². The van der Waals surface area contributed by atoms with Gasteiger partial charge in [-0.3, -0.25) is 9.59 Å². The monoisotopic (exact) mass is 473 g/mol. The number of hydrogen-bond donors (Lipinski definition) is 2. The lowest BCUT2D eigenvalue weighted by Gasteiger charge is -2.33. The summed E-state index contributed by atoms with van der Waals surface area (Å²) in [6.45, 7) is 9.89. The number of hydrogen-bond acceptors (Lipinski definition) is 4. The Kier molecular flexibility index (Phi) is 7.54. The third kappa shape index (κ3) is 5.56. The first kappa shape index (κ1) is 24.5. The highest BCUT2D eigenvalue weighted by atomic mass is 16.2. The van der Waals surface area contributed by atoms with Crippen LogP contribution in [0.1, 0.15) is 48.6 Å². The highest BCUT2D eigenvalue weighted by Crippen LogP contribution is 2.35. The van der Waals surface area contributed by atoms with Gasteiger partial charge in [0.2, 0.25) is 11.8 Å². The highest BCUT2D eigenvalue weighted by Gasteiger charge is 2.30. The number of amides is 2. The van der Waals surface area contributed by atoms with Crippen molar-refractivity contribution in [1.29, 1.82) is 0 Å². The SMILES string of the molecule is CCC(=O)Nc1c(C)nn(-c2ccccc2)c1N1CCC(C(=O)NCc2cc(C)ccc2C)CC1. The molecule has 4 rings (SSSR count). The van der Waals surface area contributed by atoms with Gasteiger partial charge < -0.3 is 15.5 Å². The molecule has 1 saturated heterocycles. The molecule has 1 aromatic heterocycles. The molecule has 2 N–H and O–H groups in total. The molecule has 0 unspecified atom stereocenters. The van der Waals surface area contributed by atoms with Gasteiger partial charge in [0, 0.05) is 32.0 Å². The molecule has 0 aliphatic carbocycles. The zero-order chi connectivity index (χ0) is 24.9. The van der Waals surface area contributed by atoms with Gasteiger partial charge in [-0.2, -0.15) is 5.10 Å². The van der Waals surface area contributed by atoms with Crippen LogP contribution >= 0.6 is 0 Å². The van der Waals surface area contributed by atoms with E-state index in [1.165, 1.54) is 11.1 Å². The standard InChI is InChI=1S/C28H35N5O2/c1-5-25(34)30-26-21(4)31-33(24-9-7-6-8-10-24)28(26)32-15-13-22(14-16-32)27(35)29-18-23-17-19(2)11-12-20(23)3/h6-12,17,22H,5,13-16,18H2,1-4H3,(H,29,35)(H,30,34). The molecule has 1 aliphatic heterocycles. The normalized spacial score (nSPS) is 14.1. The first-order valence-electron chi connectivity index (χ1n) is 12.4. The smallest absolute Gasteiger partial charge is 0.224 e. The number of carbonyl (C=O) groups is 2. The molecule has 0 bridgehead atoms. The number of anilines is 2. The maximum absolute atomic E-state index is 13.0. The summed E-state index contributed by atoms with van der Waals surface area (Å²) in [6.07, 6.45) is 1.90. The van der Waals surface area contributed by atoms with Crippen molar-refractivity contribution in [3.63, 3.8) is 0 Å². The van der Waals surface area contributed by atoms with E-state index in [-0.39, 0.29) is 17.7 Å². The average Bonchev–Trinajstić information content (AvgIpc) is 3.20. The van der Waals surface area contributed by atoms with Crippen LogP contribution in [0.2, 0.25) is 0 Å². The molecule has 0 saturated carbocycles. The number of aryl methyl sites for hydroxylation is 3. The van der Waals surface area contributed by atoms with E-state index in [0.29, 0.717) is 26.1 Å². The Morgan fingerprint density at radius 1 is 1.03 bits per heavy atom. The van der Waals surface area contributed by atoms with Gasteiger partial charge in [-0.25, -0.2) is 4.68 Å². The van der Waals surface area contributed by atoms with Crippen LogP contribution in [0.4, 0.5) is 11.5 Å². The minimum Gasteiger partial charge on any atom is -0.355 e. The van der Waals surface area contributed by atoms with Gasteiger partial charge in [0.05, 0.1) is 11.4 Å². The fourth-order valence-corrected chi connectivity index (χ4v) is 4.60. The van der Waals surface area contributed by atoms with E-state index in [0.717, 1.165) is 41.3 Å². The van der Waals surface area contributed by atoms with E-state index in [9.17, 15) is 9.59 Å². The summed E-state index contributed by atoms with van der Waals surface area (Å²) < 4.78 is 1.90. The summed E-state index contributed by atoms with van der Waals surface area (Å²) in [5.41, 5.74) is 6.02. The van der Waals surface area contributed by atoms with Crippen LogP contribution in [0.5, 0.6) is 0 Å². The molecule has 0 radical (unpaired) electrons. The molecule has 1 fully saturated rings. The van der Waals surface area contributed by atoms with Gasteiger partial charge in [-0.05, 0) is 56.9 Å². The molecule has 184 valence electrons. The van der Waals surface area contributed by atoms with Crippen LogP contribution in [0.3, 0.4) is 0 Å². The molecule has 3 aromatic rings. The van der Waals surface area contributed by atoms with Crippen LogP contribution in [-0.2, 0) is 16.1 Å². The summed E-state index contributed by atoms with van der Waals surface area (Å²) >= 11 is 0. The van der Waals surface area contributed by atoms with E-state index in [1.807, 2.05) is 48.9 Å². The van der Waals surface area contributed by atoms with Crippen LogP contribution in [0.25, 0.3) is 5.69 Å². The van der Waals surface area contributed by atoms with Gasteiger partial charge in [-0.1, -0.05) is 48.9 Å². The molecular weight excluding hydrogens is 438 g/mol. The van der Waals surface area contributed by atoms with Crippen LogP contribution in [0, 0.1) is 26.7 Å². The molecule has 2 heterocycles. The number of rotatable bonds is 7. The minimum atomic E-state index is -0.0392. The second-order valence-corrected chi connectivity index (χ2v) is 9.34. The number of nitrogens with one attached hydrogen (secondary N) is 2. The quantitative estimate of drug-likeness (QED) is 0.522. The highest BCUT2D eigenvalue weighted by molar-refractivity contribution is 5.94. The number of benzene rings is 2. The van der Waals surface area contributed by atoms with Crippen LogP contribution < -0.4 is 15.5 Å². The van der Waals surface area contributed by atoms with E-state index < -0.39 is 0 Å². The lowest BCUT2D eigenvalue weighted by atomic mass is 9.95. The molecule has 0 spiro atoms. The largest absolute Gasteiger partial charge is 0.355 e. The van der Waals surface area contributed by atoms with Gasteiger partial charge in [0.25, 0.3) is 0 Å².